The maximum absolute atomic E-state index is 11.7. The van der Waals surface area contributed by atoms with Gasteiger partial charge in [0.15, 0.2) is 0 Å². The third-order valence-electron chi connectivity index (χ3n) is 4.22. The van der Waals surface area contributed by atoms with Crippen molar-refractivity contribution in [3.63, 3.8) is 0 Å². The molecule has 0 saturated heterocycles. The Morgan fingerprint density at radius 3 is 2.37 bits per heavy atom. The molecule has 0 atom stereocenters. The number of benzene rings is 1. The second-order valence-corrected chi connectivity index (χ2v) is 5.39. The summed E-state index contributed by atoms with van der Waals surface area (Å²) in [6, 6.07) is 8.05. The first kappa shape index (κ1) is 14.1. The standard InChI is InChI=1S/C16H22O3/c1-19-12-9-13-5-7-14(8-6-13)16(15(17)18)10-3-2-4-11-16/h5-8H,2-4,9-12H2,1H3,(H,17,18). The smallest absolute Gasteiger partial charge is 0.314 e. The summed E-state index contributed by atoms with van der Waals surface area (Å²) in [5.41, 5.74) is 1.50. The van der Waals surface area contributed by atoms with Gasteiger partial charge in [-0.3, -0.25) is 4.79 Å². The lowest BCUT2D eigenvalue weighted by Gasteiger charge is -2.33. The molecule has 0 radical (unpaired) electrons. The average Bonchev–Trinajstić information content (AvgIpc) is 2.46. The van der Waals surface area contributed by atoms with Crippen LogP contribution in [0.1, 0.15) is 43.2 Å². The molecule has 1 aromatic rings. The van der Waals surface area contributed by atoms with Crippen molar-refractivity contribution in [1.82, 2.24) is 0 Å². The summed E-state index contributed by atoms with van der Waals surface area (Å²) < 4.78 is 5.06. The lowest BCUT2D eigenvalue weighted by atomic mass is 9.69. The first-order valence-electron chi connectivity index (χ1n) is 7.01. The summed E-state index contributed by atoms with van der Waals surface area (Å²) in [4.78, 5) is 11.7. The lowest BCUT2D eigenvalue weighted by Crippen LogP contribution is -2.37. The Balaban J connectivity index is 2.20. The van der Waals surface area contributed by atoms with Gasteiger partial charge in [-0.1, -0.05) is 43.5 Å². The molecule has 1 aliphatic carbocycles. The van der Waals surface area contributed by atoms with Crippen molar-refractivity contribution in [3.8, 4) is 0 Å². The van der Waals surface area contributed by atoms with E-state index < -0.39 is 11.4 Å². The van der Waals surface area contributed by atoms with Gasteiger partial charge in [-0.2, -0.15) is 0 Å². The molecule has 3 nitrogen and oxygen atoms in total. The van der Waals surface area contributed by atoms with E-state index in [2.05, 4.69) is 0 Å². The molecule has 0 heterocycles. The van der Waals surface area contributed by atoms with Gasteiger partial charge >= 0.3 is 5.97 Å². The number of carboxylic acid groups (broad SMARTS) is 1. The third-order valence-corrected chi connectivity index (χ3v) is 4.22. The van der Waals surface area contributed by atoms with Crippen LogP contribution in [0.5, 0.6) is 0 Å². The summed E-state index contributed by atoms with van der Waals surface area (Å²) in [7, 11) is 1.69. The van der Waals surface area contributed by atoms with Crippen LogP contribution in [0.3, 0.4) is 0 Å². The molecule has 1 fully saturated rings. The van der Waals surface area contributed by atoms with E-state index in [0.717, 1.165) is 44.1 Å². The van der Waals surface area contributed by atoms with Gasteiger partial charge in [-0.25, -0.2) is 0 Å². The van der Waals surface area contributed by atoms with Gasteiger partial charge in [0.1, 0.15) is 0 Å². The van der Waals surface area contributed by atoms with Crippen molar-refractivity contribution in [2.45, 2.75) is 43.9 Å². The molecule has 0 unspecified atom stereocenters. The Morgan fingerprint density at radius 1 is 1.21 bits per heavy atom. The van der Waals surface area contributed by atoms with Crippen LogP contribution >= 0.6 is 0 Å². The molecule has 104 valence electrons. The molecule has 1 saturated carbocycles. The van der Waals surface area contributed by atoms with E-state index in [1.807, 2.05) is 24.3 Å². The fourth-order valence-electron chi connectivity index (χ4n) is 2.99. The number of hydrogen-bond donors (Lipinski definition) is 1. The van der Waals surface area contributed by atoms with Crippen molar-refractivity contribution >= 4 is 5.97 Å². The van der Waals surface area contributed by atoms with Gasteiger partial charge in [0.2, 0.25) is 0 Å². The Hall–Kier alpha value is -1.35. The predicted molar refractivity (Wildman–Crippen MR) is 74.4 cm³/mol. The van der Waals surface area contributed by atoms with Gasteiger partial charge in [-0.05, 0) is 30.4 Å². The van der Waals surface area contributed by atoms with Gasteiger partial charge in [0.25, 0.3) is 0 Å². The number of rotatable bonds is 5. The van der Waals surface area contributed by atoms with Crippen LogP contribution in [0.2, 0.25) is 0 Å². The highest BCUT2D eigenvalue weighted by atomic mass is 16.5. The molecule has 0 bridgehead atoms. The van der Waals surface area contributed by atoms with Crippen LogP contribution in [0.4, 0.5) is 0 Å². The summed E-state index contributed by atoms with van der Waals surface area (Å²) in [6.07, 6.45) is 5.58. The van der Waals surface area contributed by atoms with Crippen molar-refractivity contribution in [3.05, 3.63) is 35.4 Å². The molecule has 1 aromatic carbocycles. The highest BCUT2D eigenvalue weighted by Gasteiger charge is 2.41. The minimum atomic E-state index is -0.670. The Morgan fingerprint density at radius 2 is 1.84 bits per heavy atom. The van der Waals surface area contributed by atoms with Crippen LogP contribution in [0.15, 0.2) is 24.3 Å². The van der Waals surface area contributed by atoms with Gasteiger partial charge < -0.3 is 9.84 Å². The molecule has 2 rings (SSSR count). The van der Waals surface area contributed by atoms with Crippen LogP contribution in [-0.4, -0.2) is 24.8 Å². The molecule has 0 spiro atoms. The Labute approximate surface area is 114 Å². The first-order chi connectivity index (χ1) is 9.19. The highest BCUT2D eigenvalue weighted by molar-refractivity contribution is 5.81. The molecule has 1 N–H and O–H groups in total. The lowest BCUT2D eigenvalue weighted by molar-refractivity contribution is -0.145. The molecule has 0 amide bonds. The van der Waals surface area contributed by atoms with Gasteiger partial charge in [-0.15, -0.1) is 0 Å². The van der Waals surface area contributed by atoms with Crippen LogP contribution in [0, 0.1) is 0 Å². The minimum Gasteiger partial charge on any atom is -0.481 e. The normalized spacial score (nSPS) is 18.2. The molecule has 0 aliphatic heterocycles. The van der Waals surface area contributed by atoms with Gasteiger partial charge in [0.05, 0.1) is 12.0 Å². The number of ether oxygens (including phenoxy) is 1. The van der Waals surface area contributed by atoms with Gasteiger partial charge in [0, 0.05) is 7.11 Å². The minimum absolute atomic E-state index is 0.655. The zero-order chi connectivity index (χ0) is 13.7. The average molecular weight is 262 g/mol. The van der Waals surface area contributed by atoms with E-state index >= 15 is 0 Å². The quantitative estimate of drug-likeness (QED) is 0.886. The summed E-state index contributed by atoms with van der Waals surface area (Å²) in [6.45, 7) is 0.698. The van der Waals surface area contributed by atoms with E-state index in [-0.39, 0.29) is 0 Å². The van der Waals surface area contributed by atoms with E-state index in [1.165, 1.54) is 5.56 Å². The summed E-state index contributed by atoms with van der Waals surface area (Å²) in [5.74, 6) is -0.670. The largest absolute Gasteiger partial charge is 0.481 e. The van der Waals surface area contributed by atoms with E-state index in [0.29, 0.717) is 6.61 Å². The topological polar surface area (TPSA) is 46.5 Å². The summed E-state index contributed by atoms with van der Waals surface area (Å²) in [5, 5.41) is 9.63. The number of methoxy groups -OCH3 is 1. The van der Waals surface area contributed by atoms with E-state index in [1.54, 1.807) is 7.11 Å². The third kappa shape index (κ3) is 2.98. The highest BCUT2D eigenvalue weighted by Crippen LogP contribution is 2.39. The monoisotopic (exact) mass is 262 g/mol. The van der Waals surface area contributed by atoms with E-state index in [4.69, 9.17) is 4.74 Å². The fraction of sp³-hybridized carbons (Fsp3) is 0.562. The molecular weight excluding hydrogens is 240 g/mol. The van der Waals surface area contributed by atoms with Crippen LogP contribution in [-0.2, 0) is 21.4 Å². The van der Waals surface area contributed by atoms with Crippen LogP contribution in [0.25, 0.3) is 0 Å². The maximum atomic E-state index is 11.7. The second kappa shape index (κ2) is 6.20. The van der Waals surface area contributed by atoms with Crippen molar-refractivity contribution in [1.29, 1.82) is 0 Å². The Bertz CT molecular complexity index is 416. The first-order valence-corrected chi connectivity index (χ1v) is 7.01. The number of carboxylic acids is 1. The molecular formula is C16H22O3. The Kier molecular flexibility index (Phi) is 4.59. The fourth-order valence-corrected chi connectivity index (χ4v) is 2.99. The number of aliphatic carboxylic acids is 1. The summed E-state index contributed by atoms with van der Waals surface area (Å²) >= 11 is 0. The van der Waals surface area contributed by atoms with Crippen molar-refractivity contribution in [2.75, 3.05) is 13.7 Å². The molecule has 1 aliphatic rings. The molecule has 19 heavy (non-hydrogen) atoms. The second-order valence-electron chi connectivity index (χ2n) is 5.39. The van der Waals surface area contributed by atoms with Crippen molar-refractivity contribution in [2.24, 2.45) is 0 Å². The zero-order valence-electron chi connectivity index (χ0n) is 11.5. The number of carbonyl (C=O) groups is 1. The van der Waals surface area contributed by atoms with Crippen molar-refractivity contribution < 1.29 is 14.6 Å². The predicted octanol–water partition coefficient (Wildman–Crippen LogP) is 3.16. The number of hydrogen-bond acceptors (Lipinski definition) is 2. The molecule has 3 heteroatoms. The van der Waals surface area contributed by atoms with Crippen LogP contribution < -0.4 is 0 Å². The maximum Gasteiger partial charge on any atom is 0.314 e. The zero-order valence-corrected chi connectivity index (χ0v) is 11.5. The SMILES string of the molecule is COCCc1ccc(C2(C(=O)O)CCCCC2)cc1. The van der Waals surface area contributed by atoms with E-state index in [9.17, 15) is 9.90 Å². The molecule has 0 aromatic heterocycles.